The van der Waals surface area contributed by atoms with Gasteiger partial charge in [0.25, 0.3) is 0 Å². The number of carbonyl (C=O) groups is 1. The van der Waals surface area contributed by atoms with Crippen LogP contribution in [0.15, 0.2) is 41.6 Å². The van der Waals surface area contributed by atoms with Gasteiger partial charge in [-0.1, -0.05) is 12.1 Å². The second-order valence-corrected chi connectivity index (χ2v) is 4.66. The molecule has 1 amide bonds. The standard InChI is InChI=1S/C12H14N4OS/c13-11(17)8-18-10-4-2-1-3-9(10)16-7-12-14-5-6-15-12/h1-6,16H,7-8H2,(H2,13,17)(H,14,15). The van der Waals surface area contributed by atoms with Gasteiger partial charge >= 0.3 is 0 Å². The maximum Gasteiger partial charge on any atom is 0.227 e. The van der Waals surface area contributed by atoms with Gasteiger partial charge < -0.3 is 16.0 Å². The lowest BCUT2D eigenvalue weighted by Gasteiger charge is -2.09. The van der Waals surface area contributed by atoms with Gasteiger partial charge in [-0.05, 0) is 12.1 Å². The van der Waals surface area contributed by atoms with Gasteiger partial charge in [-0.25, -0.2) is 4.98 Å². The van der Waals surface area contributed by atoms with Crippen molar-refractivity contribution in [2.45, 2.75) is 11.4 Å². The molecule has 2 aromatic rings. The Morgan fingerprint density at radius 1 is 1.44 bits per heavy atom. The van der Waals surface area contributed by atoms with Crippen LogP contribution in [-0.4, -0.2) is 21.6 Å². The van der Waals surface area contributed by atoms with Crippen molar-refractivity contribution < 1.29 is 4.79 Å². The third kappa shape index (κ3) is 3.53. The molecule has 0 unspecified atom stereocenters. The Bertz CT molecular complexity index is 513. The number of hydrogen-bond donors (Lipinski definition) is 3. The zero-order valence-corrected chi connectivity index (χ0v) is 10.5. The zero-order chi connectivity index (χ0) is 12.8. The summed E-state index contributed by atoms with van der Waals surface area (Å²) in [5, 5.41) is 3.27. The average molecular weight is 262 g/mol. The molecule has 0 fully saturated rings. The Kier molecular flexibility index (Phi) is 4.25. The van der Waals surface area contributed by atoms with Crippen molar-refractivity contribution in [1.29, 1.82) is 0 Å². The molecule has 94 valence electrons. The van der Waals surface area contributed by atoms with E-state index in [1.807, 2.05) is 24.3 Å². The molecule has 0 aliphatic rings. The van der Waals surface area contributed by atoms with Crippen LogP contribution in [-0.2, 0) is 11.3 Å². The number of thioether (sulfide) groups is 1. The summed E-state index contributed by atoms with van der Waals surface area (Å²) >= 11 is 1.42. The van der Waals surface area contributed by atoms with E-state index in [-0.39, 0.29) is 11.7 Å². The Hall–Kier alpha value is -1.95. The van der Waals surface area contributed by atoms with E-state index >= 15 is 0 Å². The van der Waals surface area contributed by atoms with Crippen LogP contribution in [0.3, 0.4) is 0 Å². The summed E-state index contributed by atoms with van der Waals surface area (Å²) in [7, 11) is 0. The number of para-hydroxylation sites is 1. The van der Waals surface area contributed by atoms with E-state index in [1.54, 1.807) is 12.4 Å². The predicted molar refractivity (Wildman–Crippen MR) is 72.3 cm³/mol. The van der Waals surface area contributed by atoms with Crippen LogP contribution in [0.1, 0.15) is 5.82 Å². The monoisotopic (exact) mass is 262 g/mol. The molecule has 1 aromatic heterocycles. The van der Waals surface area contributed by atoms with Crippen LogP contribution in [0.5, 0.6) is 0 Å². The number of anilines is 1. The quantitative estimate of drug-likeness (QED) is 0.690. The van der Waals surface area contributed by atoms with Crippen molar-refractivity contribution in [3.63, 3.8) is 0 Å². The highest BCUT2D eigenvalue weighted by atomic mass is 32.2. The van der Waals surface area contributed by atoms with Crippen LogP contribution in [0.25, 0.3) is 0 Å². The molecule has 0 spiro atoms. The summed E-state index contributed by atoms with van der Waals surface area (Å²) in [6.45, 7) is 0.612. The zero-order valence-electron chi connectivity index (χ0n) is 9.72. The van der Waals surface area contributed by atoms with Gasteiger partial charge in [0.15, 0.2) is 0 Å². The molecule has 4 N–H and O–H groups in total. The number of primary amides is 1. The molecule has 0 atom stereocenters. The third-order valence-corrected chi connectivity index (χ3v) is 3.35. The number of hydrogen-bond acceptors (Lipinski definition) is 4. The molecule has 2 rings (SSSR count). The number of nitrogens with zero attached hydrogens (tertiary/aromatic N) is 1. The fourth-order valence-corrected chi connectivity index (χ4v) is 2.23. The van der Waals surface area contributed by atoms with Crippen molar-refractivity contribution in [3.05, 3.63) is 42.5 Å². The molecule has 0 saturated carbocycles. The molecule has 0 saturated heterocycles. The van der Waals surface area contributed by atoms with Gasteiger partial charge in [0.1, 0.15) is 5.82 Å². The summed E-state index contributed by atoms with van der Waals surface area (Å²) in [4.78, 5) is 19.0. The highest BCUT2D eigenvalue weighted by Gasteiger charge is 2.04. The molecule has 18 heavy (non-hydrogen) atoms. The number of rotatable bonds is 6. The predicted octanol–water partition coefficient (Wildman–Crippen LogP) is 1.60. The number of aromatic nitrogens is 2. The molecule has 0 aliphatic heterocycles. The highest BCUT2D eigenvalue weighted by Crippen LogP contribution is 2.26. The number of benzene rings is 1. The number of nitrogens with two attached hydrogens (primary N) is 1. The molecule has 0 radical (unpaired) electrons. The number of aromatic amines is 1. The second kappa shape index (κ2) is 6.11. The third-order valence-electron chi connectivity index (χ3n) is 2.26. The van der Waals surface area contributed by atoms with Gasteiger partial charge in [-0.2, -0.15) is 0 Å². The number of carbonyl (C=O) groups excluding carboxylic acids is 1. The van der Waals surface area contributed by atoms with E-state index in [4.69, 9.17) is 5.73 Å². The summed E-state index contributed by atoms with van der Waals surface area (Å²) in [6, 6.07) is 7.80. The highest BCUT2D eigenvalue weighted by molar-refractivity contribution is 8.00. The van der Waals surface area contributed by atoms with Crippen molar-refractivity contribution in [2.75, 3.05) is 11.1 Å². The fraction of sp³-hybridized carbons (Fsp3) is 0.167. The SMILES string of the molecule is NC(=O)CSc1ccccc1NCc1ncc[nH]1. The topological polar surface area (TPSA) is 83.8 Å². The maximum absolute atomic E-state index is 10.8. The van der Waals surface area contributed by atoms with Gasteiger partial charge in [0.05, 0.1) is 12.3 Å². The smallest absolute Gasteiger partial charge is 0.227 e. The fourth-order valence-electron chi connectivity index (χ4n) is 1.46. The second-order valence-electron chi connectivity index (χ2n) is 3.64. The Morgan fingerprint density at radius 3 is 3.00 bits per heavy atom. The first-order valence-corrected chi connectivity index (χ1v) is 6.46. The lowest BCUT2D eigenvalue weighted by Crippen LogP contribution is -2.13. The van der Waals surface area contributed by atoms with Gasteiger partial charge in [0.2, 0.25) is 5.91 Å². The van der Waals surface area contributed by atoms with Crippen LogP contribution in [0.2, 0.25) is 0 Å². The van der Waals surface area contributed by atoms with Gasteiger partial charge in [-0.15, -0.1) is 11.8 Å². The van der Waals surface area contributed by atoms with Crippen LogP contribution in [0.4, 0.5) is 5.69 Å². The minimum absolute atomic E-state index is 0.277. The largest absolute Gasteiger partial charge is 0.377 e. The number of nitrogens with one attached hydrogen (secondary N) is 2. The summed E-state index contributed by atoms with van der Waals surface area (Å²) in [5.41, 5.74) is 6.12. The van der Waals surface area contributed by atoms with Crippen molar-refractivity contribution >= 4 is 23.4 Å². The van der Waals surface area contributed by atoms with Crippen LogP contribution in [0, 0.1) is 0 Å². The van der Waals surface area contributed by atoms with Crippen molar-refractivity contribution in [1.82, 2.24) is 9.97 Å². The molecule has 1 heterocycles. The van der Waals surface area contributed by atoms with Gasteiger partial charge in [0, 0.05) is 23.0 Å². The lowest BCUT2D eigenvalue weighted by atomic mass is 10.3. The van der Waals surface area contributed by atoms with Crippen molar-refractivity contribution in [2.24, 2.45) is 5.73 Å². The average Bonchev–Trinajstić information content (AvgIpc) is 2.88. The first-order valence-electron chi connectivity index (χ1n) is 5.48. The number of imidazole rings is 1. The van der Waals surface area contributed by atoms with E-state index in [0.717, 1.165) is 16.4 Å². The summed E-state index contributed by atoms with van der Waals surface area (Å²) in [5.74, 6) is 0.824. The maximum atomic E-state index is 10.8. The van der Waals surface area contributed by atoms with Crippen LogP contribution < -0.4 is 11.1 Å². The Morgan fingerprint density at radius 2 is 2.28 bits per heavy atom. The summed E-state index contributed by atoms with van der Waals surface area (Å²) < 4.78 is 0. The van der Waals surface area contributed by atoms with E-state index in [0.29, 0.717) is 6.54 Å². The molecule has 0 bridgehead atoms. The Balaban J connectivity index is 2.00. The lowest BCUT2D eigenvalue weighted by molar-refractivity contribution is -0.115. The normalized spacial score (nSPS) is 10.2. The van der Waals surface area contributed by atoms with E-state index in [9.17, 15) is 4.79 Å². The first-order chi connectivity index (χ1) is 8.75. The minimum Gasteiger partial charge on any atom is -0.377 e. The molecule has 1 aromatic carbocycles. The van der Waals surface area contributed by atoms with Crippen molar-refractivity contribution in [3.8, 4) is 0 Å². The summed E-state index contributed by atoms with van der Waals surface area (Å²) in [6.07, 6.45) is 3.50. The van der Waals surface area contributed by atoms with E-state index < -0.39 is 0 Å². The van der Waals surface area contributed by atoms with E-state index in [1.165, 1.54) is 11.8 Å². The Labute approximate surface area is 109 Å². The molecular formula is C12H14N4OS. The molecule has 5 nitrogen and oxygen atoms in total. The first kappa shape index (κ1) is 12.5. The van der Waals surface area contributed by atoms with Gasteiger partial charge in [-0.3, -0.25) is 4.79 Å². The van der Waals surface area contributed by atoms with E-state index in [2.05, 4.69) is 15.3 Å². The number of amides is 1. The minimum atomic E-state index is -0.319. The molecule has 0 aliphatic carbocycles. The number of H-pyrrole nitrogens is 1. The molecule has 6 heteroatoms. The van der Waals surface area contributed by atoms with Crippen LogP contribution >= 0.6 is 11.8 Å². The molecular weight excluding hydrogens is 248 g/mol.